The molecule has 2 heterocycles. The Morgan fingerprint density at radius 3 is 2.40 bits per heavy atom. The van der Waals surface area contributed by atoms with Gasteiger partial charge in [-0.3, -0.25) is 14.6 Å². The number of carbonyl (C=O) groups is 1. The van der Waals surface area contributed by atoms with Crippen LogP contribution in [0.25, 0.3) is 27.9 Å². The number of amides is 1. The minimum atomic E-state index is -0.162. The summed E-state index contributed by atoms with van der Waals surface area (Å²) in [6.07, 6.45) is 4.41. The zero-order chi connectivity index (χ0) is 24.2. The van der Waals surface area contributed by atoms with Crippen LogP contribution >= 0.6 is 0 Å². The van der Waals surface area contributed by atoms with Crippen LogP contribution in [0.2, 0.25) is 0 Å². The molecule has 1 N–H and O–H groups in total. The molecule has 0 spiro atoms. The van der Waals surface area contributed by atoms with E-state index in [-0.39, 0.29) is 11.9 Å². The summed E-state index contributed by atoms with van der Waals surface area (Å²) in [6, 6.07) is 25.0. The van der Waals surface area contributed by atoms with Crippen molar-refractivity contribution >= 4 is 39.5 Å². The van der Waals surface area contributed by atoms with E-state index in [0.29, 0.717) is 0 Å². The van der Waals surface area contributed by atoms with Gasteiger partial charge in [-0.05, 0) is 43.7 Å². The maximum Gasteiger partial charge on any atom is 0.241 e. The van der Waals surface area contributed by atoms with Gasteiger partial charge in [-0.15, -0.1) is 0 Å². The van der Waals surface area contributed by atoms with Crippen molar-refractivity contribution in [1.82, 2.24) is 14.4 Å². The molecule has 1 atom stereocenters. The summed E-state index contributed by atoms with van der Waals surface area (Å²) >= 11 is 0. The third kappa shape index (κ3) is 5.02. The molecular weight excluding hydrogens is 432 g/mol. The molecule has 35 heavy (non-hydrogen) atoms. The van der Waals surface area contributed by atoms with Gasteiger partial charge in [0.2, 0.25) is 5.91 Å². The largest absolute Gasteiger partial charge is 0.341 e. The number of aryl methyl sites for hydroxylation is 1. The van der Waals surface area contributed by atoms with Crippen molar-refractivity contribution in [2.24, 2.45) is 0 Å². The van der Waals surface area contributed by atoms with Crippen molar-refractivity contribution in [3.8, 4) is 0 Å². The fourth-order valence-corrected chi connectivity index (χ4v) is 5.12. The number of hydrogen-bond acceptors (Lipinski definition) is 3. The van der Waals surface area contributed by atoms with E-state index in [4.69, 9.17) is 0 Å². The normalized spacial score (nSPS) is 16.3. The second-order valence-corrected chi connectivity index (χ2v) is 9.31. The van der Waals surface area contributed by atoms with Crippen LogP contribution in [0, 0.1) is 0 Å². The van der Waals surface area contributed by atoms with Gasteiger partial charge in [0, 0.05) is 66.8 Å². The molecule has 1 aliphatic rings. The van der Waals surface area contributed by atoms with Crippen LogP contribution in [0.1, 0.15) is 19.4 Å². The van der Waals surface area contributed by atoms with Gasteiger partial charge in [0.1, 0.15) is 0 Å². The van der Waals surface area contributed by atoms with Gasteiger partial charge in [-0.1, -0.05) is 60.7 Å². The van der Waals surface area contributed by atoms with E-state index in [1.807, 2.05) is 19.1 Å². The Labute approximate surface area is 207 Å². The number of nitrogens with zero attached hydrogens (tertiary/aromatic N) is 3. The standard InChI is InChI=1S/C30H34N4O/c1-3-34-28-14-8-7-13-26(28)27-22-25(15-16-29(27)34)31-30(35)23(2)33-20-18-32(19-21-33)17-9-12-24-10-5-4-6-11-24/h4-16,22-23H,3,17-21H2,1-2H3,(H,31,35)/b12-9+. The molecule has 5 heteroatoms. The fourth-order valence-electron chi connectivity index (χ4n) is 5.12. The maximum absolute atomic E-state index is 13.1. The molecule has 5 nitrogen and oxygen atoms in total. The lowest BCUT2D eigenvalue weighted by Gasteiger charge is -2.37. The van der Waals surface area contributed by atoms with Crippen LogP contribution in [0.4, 0.5) is 5.69 Å². The van der Waals surface area contributed by atoms with E-state index in [0.717, 1.165) is 45.0 Å². The van der Waals surface area contributed by atoms with Crippen molar-refractivity contribution in [2.75, 3.05) is 38.0 Å². The Hall–Kier alpha value is -3.41. The monoisotopic (exact) mass is 466 g/mol. The molecule has 0 bridgehead atoms. The fraction of sp³-hybridized carbons (Fsp3) is 0.300. The van der Waals surface area contributed by atoms with Gasteiger partial charge in [0.25, 0.3) is 0 Å². The van der Waals surface area contributed by atoms with Gasteiger partial charge >= 0.3 is 0 Å². The number of rotatable bonds is 7. The van der Waals surface area contributed by atoms with Crippen molar-refractivity contribution in [2.45, 2.75) is 26.4 Å². The summed E-state index contributed by atoms with van der Waals surface area (Å²) in [6.45, 7) is 9.78. The van der Waals surface area contributed by atoms with E-state index in [1.165, 1.54) is 27.4 Å². The molecule has 0 radical (unpaired) electrons. The van der Waals surface area contributed by atoms with Gasteiger partial charge in [-0.25, -0.2) is 0 Å². The molecule has 4 aromatic rings. The van der Waals surface area contributed by atoms with Gasteiger partial charge in [-0.2, -0.15) is 0 Å². The predicted octanol–water partition coefficient (Wildman–Crippen LogP) is 5.47. The number of carbonyl (C=O) groups excluding carboxylic acids is 1. The smallest absolute Gasteiger partial charge is 0.241 e. The molecule has 0 saturated carbocycles. The van der Waals surface area contributed by atoms with Crippen LogP contribution in [-0.2, 0) is 11.3 Å². The van der Waals surface area contributed by atoms with Gasteiger partial charge in [0.15, 0.2) is 0 Å². The van der Waals surface area contributed by atoms with E-state index in [9.17, 15) is 4.79 Å². The quantitative estimate of drug-likeness (QED) is 0.393. The van der Waals surface area contributed by atoms with Crippen molar-refractivity contribution < 1.29 is 4.79 Å². The lowest BCUT2D eigenvalue weighted by Crippen LogP contribution is -2.52. The van der Waals surface area contributed by atoms with E-state index in [1.54, 1.807) is 0 Å². The molecule has 1 fully saturated rings. The number of anilines is 1. The number of fused-ring (bicyclic) bond motifs is 3. The molecule has 0 aliphatic carbocycles. The molecule has 1 unspecified atom stereocenters. The molecular formula is C30H34N4O. The minimum Gasteiger partial charge on any atom is -0.341 e. The molecule has 5 rings (SSSR count). The lowest BCUT2D eigenvalue weighted by atomic mass is 10.1. The Morgan fingerprint density at radius 1 is 0.914 bits per heavy atom. The maximum atomic E-state index is 13.1. The number of para-hydroxylation sites is 1. The van der Waals surface area contributed by atoms with Crippen LogP contribution in [-0.4, -0.2) is 59.0 Å². The first-order valence-electron chi connectivity index (χ1n) is 12.6. The Kier molecular flexibility index (Phi) is 6.98. The van der Waals surface area contributed by atoms with E-state index >= 15 is 0 Å². The first kappa shape index (κ1) is 23.3. The highest BCUT2D eigenvalue weighted by Crippen LogP contribution is 2.31. The minimum absolute atomic E-state index is 0.0565. The second kappa shape index (κ2) is 10.5. The summed E-state index contributed by atoms with van der Waals surface area (Å²) in [5, 5.41) is 5.59. The molecule has 180 valence electrons. The average molecular weight is 467 g/mol. The second-order valence-electron chi connectivity index (χ2n) is 9.31. The first-order chi connectivity index (χ1) is 17.1. The van der Waals surface area contributed by atoms with Crippen LogP contribution in [0.5, 0.6) is 0 Å². The number of piperazine rings is 1. The third-order valence-corrected chi connectivity index (χ3v) is 7.16. The molecule has 1 saturated heterocycles. The summed E-state index contributed by atoms with van der Waals surface area (Å²) in [7, 11) is 0. The Morgan fingerprint density at radius 2 is 1.63 bits per heavy atom. The zero-order valence-electron chi connectivity index (χ0n) is 20.7. The summed E-state index contributed by atoms with van der Waals surface area (Å²) in [4.78, 5) is 17.8. The van der Waals surface area contributed by atoms with Crippen LogP contribution in [0.3, 0.4) is 0 Å². The highest BCUT2D eigenvalue weighted by Gasteiger charge is 2.25. The van der Waals surface area contributed by atoms with E-state index in [2.05, 4.69) is 99.4 Å². The van der Waals surface area contributed by atoms with Crippen LogP contribution in [0.15, 0.2) is 78.9 Å². The summed E-state index contributed by atoms with van der Waals surface area (Å²) in [5.74, 6) is 0.0565. The average Bonchev–Trinajstić information content (AvgIpc) is 3.22. The summed E-state index contributed by atoms with van der Waals surface area (Å²) in [5.41, 5.74) is 4.53. The molecule has 1 amide bonds. The summed E-state index contributed by atoms with van der Waals surface area (Å²) < 4.78 is 2.33. The number of benzene rings is 3. The van der Waals surface area contributed by atoms with Gasteiger partial charge < -0.3 is 9.88 Å². The zero-order valence-corrected chi connectivity index (χ0v) is 20.7. The molecule has 1 aliphatic heterocycles. The van der Waals surface area contributed by atoms with Crippen molar-refractivity contribution in [3.63, 3.8) is 0 Å². The highest BCUT2D eigenvalue weighted by atomic mass is 16.2. The molecule has 1 aromatic heterocycles. The lowest BCUT2D eigenvalue weighted by molar-refractivity contribution is -0.121. The topological polar surface area (TPSA) is 40.5 Å². The Bertz CT molecular complexity index is 1330. The van der Waals surface area contributed by atoms with Crippen molar-refractivity contribution in [3.05, 3.63) is 84.4 Å². The first-order valence-corrected chi connectivity index (χ1v) is 12.6. The SMILES string of the molecule is CCn1c2ccccc2c2cc(NC(=O)C(C)N3CCN(C/C=C/c4ccccc4)CC3)ccc21. The van der Waals surface area contributed by atoms with Crippen molar-refractivity contribution in [1.29, 1.82) is 0 Å². The number of hydrogen-bond donors (Lipinski definition) is 1. The predicted molar refractivity (Wildman–Crippen MR) is 147 cm³/mol. The highest BCUT2D eigenvalue weighted by molar-refractivity contribution is 6.10. The molecule has 3 aromatic carbocycles. The van der Waals surface area contributed by atoms with Gasteiger partial charge in [0.05, 0.1) is 6.04 Å². The number of aromatic nitrogens is 1. The third-order valence-electron chi connectivity index (χ3n) is 7.16. The van der Waals surface area contributed by atoms with Crippen LogP contribution < -0.4 is 5.32 Å². The number of nitrogens with one attached hydrogen (secondary N) is 1. The Balaban J connectivity index is 1.19. The van der Waals surface area contributed by atoms with E-state index < -0.39 is 0 Å².